The Morgan fingerprint density at radius 2 is 1.70 bits per heavy atom. The molecule has 1 aliphatic rings. The molecular weight excluding hydrogens is 344 g/mol. The van der Waals surface area contributed by atoms with Crippen molar-refractivity contribution >= 4 is 23.2 Å². The summed E-state index contributed by atoms with van der Waals surface area (Å²) < 4.78 is 10.6. The second kappa shape index (κ2) is 7.70. The zero-order valence-electron chi connectivity index (χ0n) is 16.0. The number of ether oxygens (including phenoxy) is 2. The molecule has 142 valence electrons. The minimum absolute atomic E-state index is 0.00999. The van der Waals surface area contributed by atoms with Gasteiger partial charge in [0.25, 0.3) is 5.91 Å². The van der Waals surface area contributed by atoms with Crippen LogP contribution in [0.5, 0.6) is 11.5 Å². The van der Waals surface area contributed by atoms with Crippen molar-refractivity contribution in [1.29, 1.82) is 0 Å². The van der Waals surface area contributed by atoms with E-state index >= 15 is 0 Å². The molecule has 3 rings (SSSR count). The number of carbonyl (C=O) groups is 2. The number of benzene rings is 2. The largest absolute Gasteiger partial charge is 0.493 e. The highest BCUT2D eigenvalue weighted by atomic mass is 16.5. The van der Waals surface area contributed by atoms with Gasteiger partial charge in [0.15, 0.2) is 11.5 Å². The molecule has 6 nitrogen and oxygen atoms in total. The normalized spacial score (nSPS) is 17.8. The number of aryl methyl sites for hydroxylation is 1. The molecule has 2 amide bonds. The average Bonchev–Trinajstić information content (AvgIpc) is 3.40. The molecule has 2 unspecified atom stereocenters. The van der Waals surface area contributed by atoms with E-state index < -0.39 is 0 Å². The number of anilines is 2. The van der Waals surface area contributed by atoms with Gasteiger partial charge in [0, 0.05) is 28.9 Å². The first-order valence-electron chi connectivity index (χ1n) is 8.87. The molecule has 6 heteroatoms. The maximum absolute atomic E-state index is 12.7. The van der Waals surface area contributed by atoms with Crippen molar-refractivity contribution in [3.8, 4) is 11.5 Å². The Bertz CT molecular complexity index is 878. The van der Waals surface area contributed by atoms with Crippen LogP contribution >= 0.6 is 0 Å². The Morgan fingerprint density at radius 1 is 1.04 bits per heavy atom. The SMILES string of the molecule is COc1cc(C)c(NC(=O)c2cccc(NC(=O)C3CC3C)c2)cc1OC. The molecule has 27 heavy (non-hydrogen) atoms. The molecule has 0 radical (unpaired) electrons. The summed E-state index contributed by atoms with van der Waals surface area (Å²) in [5.74, 6) is 1.41. The van der Waals surface area contributed by atoms with Gasteiger partial charge >= 0.3 is 0 Å². The van der Waals surface area contributed by atoms with E-state index in [9.17, 15) is 9.59 Å². The summed E-state index contributed by atoms with van der Waals surface area (Å²) in [7, 11) is 3.11. The molecule has 2 aromatic carbocycles. The van der Waals surface area contributed by atoms with Gasteiger partial charge in [0.1, 0.15) is 0 Å². The van der Waals surface area contributed by atoms with Crippen LogP contribution in [0.15, 0.2) is 36.4 Å². The van der Waals surface area contributed by atoms with E-state index in [0.717, 1.165) is 12.0 Å². The summed E-state index contributed by atoms with van der Waals surface area (Å²) in [4.78, 5) is 24.8. The minimum atomic E-state index is -0.263. The van der Waals surface area contributed by atoms with Gasteiger partial charge in [-0.15, -0.1) is 0 Å². The van der Waals surface area contributed by atoms with Gasteiger partial charge in [-0.1, -0.05) is 13.0 Å². The molecule has 2 N–H and O–H groups in total. The Hall–Kier alpha value is -3.02. The third-order valence-corrected chi connectivity index (χ3v) is 4.82. The first-order chi connectivity index (χ1) is 12.9. The fraction of sp³-hybridized carbons (Fsp3) is 0.333. The second-order valence-corrected chi connectivity index (χ2v) is 6.87. The van der Waals surface area contributed by atoms with E-state index in [4.69, 9.17) is 9.47 Å². The predicted molar refractivity (Wildman–Crippen MR) is 105 cm³/mol. The molecule has 2 atom stereocenters. The standard InChI is InChI=1S/C21H24N2O4/c1-12-8-16(12)21(25)22-15-7-5-6-14(10-15)20(24)23-17-11-19(27-4)18(26-3)9-13(17)2/h5-7,9-12,16H,8H2,1-4H3,(H,22,25)(H,23,24). The maximum Gasteiger partial charge on any atom is 0.255 e. The number of methoxy groups -OCH3 is 2. The van der Waals surface area contributed by atoms with Crippen LogP contribution in [0.2, 0.25) is 0 Å². The minimum Gasteiger partial charge on any atom is -0.493 e. The topological polar surface area (TPSA) is 76.7 Å². The lowest BCUT2D eigenvalue weighted by molar-refractivity contribution is -0.117. The summed E-state index contributed by atoms with van der Waals surface area (Å²) in [6.45, 7) is 3.94. The number of carbonyl (C=O) groups excluding carboxylic acids is 2. The number of amides is 2. The molecule has 0 saturated heterocycles. The highest BCUT2D eigenvalue weighted by Gasteiger charge is 2.39. The quantitative estimate of drug-likeness (QED) is 0.812. The Morgan fingerprint density at radius 3 is 2.33 bits per heavy atom. The summed E-state index contributed by atoms with van der Waals surface area (Å²) in [5.41, 5.74) is 2.58. The number of hydrogen-bond acceptors (Lipinski definition) is 4. The van der Waals surface area contributed by atoms with Crippen LogP contribution in [0.4, 0.5) is 11.4 Å². The smallest absolute Gasteiger partial charge is 0.255 e. The second-order valence-electron chi connectivity index (χ2n) is 6.87. The van der Waals surface area contributed by atoms with E-state index in [0.29, 0.717) is 34.4 Å². The number of hydrogen-bond donors (Lipinski definition) is 2. The van der Waals surface area contributed by atoms with Crippen molar-refractivity contribution in [2.45, 2.75) is 20.3 Å². The van der Waals surface area contributed by atoms with Crippen molar-refractivity contribution in [1.82, 2.24) is 0 Å². The molecule has 0 bridgehead atoms. The van der Waals surface area contributed by atoms with E-state index in [1.807, 2.05) is 13.0 Å². The molecule has 0 aromatic heterocycles. The van der Waals surface area contributed by atoms with Gasteiger partial charge in [-0.3, -0.25) is 9.59 Å². The van der Waals surface area contributed by atoms with E-state index in [-0.39, 0.29) is 17.7 Å². The van der Waals surface area contributed by atoms with Gasteiger partial charge in [0.05, 0.1) is 14.2 Å². The lowest BCUT2D eigenvalue weighted by Gasteiger charge is -2.14. The van der Waals surface area contributed by atoms with Crippen LogP contribution in [0.25, 0.3) is 0 Å². The molecule has 1 saturated carbocycles. The van der Waals surface area contributed by atoms with Crippen molar-refractivity contribution in [2.24, 2.45) is 11.8 Å². The van der Waals surface area contributed by atoms with E-state index in [1.54, 1.807) is 44.6 Å². The monoisotopic (exact) mass is 368 g/mol. The fourth-order valence-corrected chi connectivity index (χ4v) is 2.97. The number of nitrogens with one attached hydrogen (secondary N) is 2. The molecule has 1 aliphatic carbocycles. The first kappa shape index (κ1) is 18.8. The average molecular weight is 368 g/mol. The molecule has 1 fully saturated rings. The zero-order valence-corrected chi connectivity index (χ0v) is 16.0. The van der Waals surface area contributed by atoms with Crippen LogP contribution in [-0.2, 0) is 4.79 Å². The van der Waals surface area contributed by atoms with Gasteiger partial charge in [-0.05, 0) is 49.1 Å². The van der Waals surface area contributed by atoms with E-state index in [1.165, 1.54) is 0 Å². The number of rotatable bonds is 6. The summed E-state index contributed by atoms with van der Waals surface area (Å²) >= 11 is 0. The lowest BCUT2D eigenvalue weighted by atomic mass is 10.1. The van der Waals surface area contributed by atoms with Crippen molar-refractivity contribution in [3.05, 3.63) is 47.5 Å². The highest BCUT2D eigenvalue weighted by Crippen LogP contribution is 2.38. The molecule has 0 heterocycles. The summed E-state index contributed by atoms with van der Waals surface area (Å²) in [6, 6.07) is 10.5. The molecular formula is C21H24N2O4. The van der Waals surface area contributed by atoms with Crippen LogP contribution in [0.1, 0.15) is 29.3 Å². The molecule has 0 spiro atoms. The van der Waals surface area contributed by atoms with Gasteiger partial charge in [-0.25, -0.2) is 0 Å². The van der Waals surface area contributed by atoms with Crippen LogP contribution in [0, 0.1) is 18.8 Å². The first-order valence-corrected chi connectivity index (χ1v) is 8.87. The third-order valence-electron chi connectivity index (χ3n) is 4.82. The molecule has 2 aromatic rings. The maximum atomic E-state index is 12.7. The Kier molecular flexibility index (Phi) is 5.35. The van der Waals surface area contributed by atoms with Crippen LogP contribution < -0.4 is 20.1 Å². The van der Waals surface area contributed by atoms with Gasteiger partial charge in [-0.2, -0.15) is 0 Å². The van der Waals surface area contributed by atoms with Crippen LogP contribution in [-0.4, -0.2) is 26.0 Å². The predicted octanol–water partition coefficient (Wildman–Crippen LogP) is 3.86. The Balaban J connectivity index is 1.75. The molecule has 0 aliphatic heterocycles. The summed E-state index contributed by atoms with van der Waals surface area (Å²) in [6.07, 6.45) is 0.921. The lowest BCUT2D eigenvalue weighted by Crippen LogP contribution is -2.16. The Labute approximate surface area is 158 Å². The van der Waals surface area contributed by atoms with Crippen molar-refractivity contribution < 1.29 is 19.1 Å². The zero-order chi connectivity index (χ0) is 19.6. The van der Waals surface area contributed by atoms with Gasteiger partial charge < -0.3 is 20.1 Å². The van der Waals surface area contributed by atoms with Gasteiger partial charge in [0.2, 0.25) is 5.91 Å². The summed E-state index contributed by atoms with van der Waals surface area (Å²) in [5, 5.41) is 5.77. The third kappa shape index (κ3) is 4.22. The van der Waals surface area contributed by atoms with Crippen molar-refractivity contribution in [3.63, 3.8) is 0 Å². The van der Waals surface area contributed by atoms with Crippen LogP contribution in [0.3, 0.4) is 0 Å². The fourth-order valence-electron chi connectivity index (χ4n) is 2.97. The van der Waals surface area contributed by atoms with Crippen molar-refractivity contribution in [2.75, 3.05) is 24.9 Å². The highest BCUT2D eigenvalue weighted by molar-refractivity contribution is 6.06. The van der Waals surface area contributed by atoms with E-state index in [2.05, 4.69) is 17.6 Å².